The Morgan fingerprint density at radius 3 is 2.38 bits per heavy atom. The summed E-state index contributed by atoms with van der Waals surface area (Å²) >= 11 is 0. The van der Waals surface area contributed by atoms with Crippen molar-refractivity contribution in [2.45, 2.75) is 50.2 Å². The normalized spacial score (nSPS) is 28.3. The number of sulfonamides is 1. The third kappa shape index (κ3) is 4.15. The highest BCUT2D eigenvalue weighted by Gasteiger charge is 2.36. The third-order valence-electron chi connectivity index (χ3n) is 4.82. The molecule has 0 radical (unpaired) electrons. The van der Waals surface area contributed by atoms with Gasteiger partial charge in [-0.1, -0.05) is 31.0 Å². The summed E-state index contributed by atoms with van der Waals surface area (Å²) in [6.45, 7) is 0.692. The average molecular weight is 351 g/mol. The summed E-state index contributed by atoms with van der Waals surface area (Å²) in [6.07, 6.45) is 5.71. The van der Waals surface area contributed by atoms with Gasteiger partial charge in [-0.25, -0.2) is 13.1 Å². The molecule has 2 fully saturated rings. The van der Waals surface area contributed by atoms with Crippen molar-refractivity contribution in [3.63, 3.8) is 0 Å². The first kappa shape index (κ1) is 17.4. The van der Waals surface area contributed by atoms with Crippen LogP contribution in [0, 0.1) is 0 Å². The largest absolute Gasteiger partial charge is 0.311 e. The number of nitrogens with zero attached hydrogens (tertiary/aromatic N) is 1. The van der Waals surface area contributed by atoms with Crippen LogP contribution in [0.5, 0.6) is 0 Å². The number of benzene rings is 1. The van der Waals surface area contributed by atoms with Crippen molar-refractivity contribution >= 4 is 21.6 Å². The van der Waals surface area contributed by atoms with Crippen LogP contribution in [-0.4, -0.2) is 45.3 Å². The maximum atomic E-state index is 12.7. The predicted octanol–water partition coefficient (Wildman–Crippen LogP) is 1.24. The first-order valence-corrected chi connectivity index (χ1v) is 10.4. The third-order valence-corrected chi connectivity index (χ3v) is 5.55. The van der Waals surface area contributed by atoms with Gasteiger partial charge in [0.15, 0.2) is 0 Å². The summed E-state index contributed by atoms with van der Waals surface area (Å²) < 4.78 is 25.9. The van der Waals surface area contributed by atoms with Gasteiger partial charge in [0.1, 0.15) is 0 Å². The van der Waals surface area contributed by atoms with Gasteiger partial charge in [0.05, 0.1) is 12.3 Å². The number of carbonyl (C=O) groups excluding carboxylic acids is 1. The number of rotatable bonds is 5. The number of nitrogens with one attached hydrogen (secondary N) is 2. The Labute approximate surface area is 143 Å². The SMILES string of the molecule is CS(=O)(=O)NC1CCCCC1NC1CCN(c2ccccc2)C1=O. The minimum atomic E-state index is -3.24. The first-order valence-electron chi connectivity index (χ1n) is 8.54. The Kier molecular flexibility index (Phi) is 5.22. The molecule has 1 saturated carbocycles. The van der Waals surface area contributed by atoms with Gasteiger partial charge in [-0.3, -0.25) is 4.79 Å². The fraction of sp³-hybridized carbons (Fsp3) is 0.588. The van der Waals surface area contributed by atoms with E-state index in [9.17, 15) is 13.2 Å². The molecule has 1 aromatic carbocycles. The summed E-state index contributed by atoms with van der Waals surface area (Å²) in [5.41, 5.74) is 0.918. The van der Waals surface area contributed by atoms with E-state index in [0.717, 1.165) is 37.8 Å². The molecule has 1 heterocycles. The summed E-state index contributed by atoms with van der Waals surface area (Å²) in [5.74, 6) is 0.0740. The lowest BCUT2D eigenvalue weighted by Gasteiger charge is -2.34. The number of hydrogen-bond donors (Lipinski definition) is 2. The predicted molar refractivity (Wildman–Crippen MR) is 94.4 cm³/mol. The maximum Gasteiger partial charge on any atom is 0.244 e. The molecule has 132 valence electrons. The fourth-order valence-corrected chi connectivity index (χ4v) is 4.54. The minimum absolute atomic E-state index is 0.0122. The molecule has 0 bridgehead atoms. The molecule has 3 atom stereocenters. The number of anilines is 1. The molecule has 6 nitrogen and oxygen atoms in total. The number of para-hydroxylation sites is 1. The van der Waals surface area contributed by atoms with Crippen LogP contribution in [0.3, 0.4) is 0 Å². The second-order valence-corrected chi connectivity index (χ2v) is 8.50. The smallest absolute Gasteiger partial charge is 0.244 e. The van der Waals surface area contributed by atoms with Crippen molar-refractivity contribution in [3.8, 4) is 0 Å². The van der Waals surface area contributed by atoms with Crippen LogP contribution in [0.25, 0.3) is 0 Å². The summed E-state index contributed by atoms with van der Waals surface area (Å²) in [7, 11) is -3.24. The zero-order chi connectivity index (χ0) is 17.2. The van der Waals surface area contributed by atoms with Crippen LogP contribution < -0.4 is 14.9 Å². The molecule has 0 aromatic heterocycles. The van der Waals surface area contributed by atoms with Crippen molar-refractivity contribution < 1.29 is 13.2 Å². The Morgan fingerprint density at radius 2 is 1.71 bits per heavy atom. The minimum Gasteiger partial charge on any atom is -0.311 e. The molecule has 1 amide bonds. The van der Waals surface area contributed by atoms with Crippen LogP contribution in [0.2, 0.25) is 0 Å². The second kappa shape index (κ2) is 7.21. The highest BCUT2D eigenvalue weighted by molar-refractivity contribution is 7.88. The van der Waals surface area contributed by atoms with E-state index < -0.39 is 10.0 Å². The molecule has 3 rings (SSSR count). The molecule has 3 unspecified atom stereocenters. The van der Waals surface area contributed by atoms with Gasteiger partial charge in [0.25, 0.3) is 0 Å². The van der Waals surface area contributed by atoms with E-state index in [1.807, 2.05) is 30.3 Å². The molecular formula is C17H25N3O3S. The Hall–Kier alpha value is -1.44. The maximum absolute atomic E-state index is 12.7. The molecule has 2 aliphatic rings. The van der Waals surface area contributed by atoms with E-state index in [2.05, 4.69) is 10.0 Å². The molecule has 7 heteroatoms. The van der Waals surface area contributed by atoms with Crippen LogP contribution in [0.15, 0.2) is 30.3 Å². The van der Waals surface area contributed by atoms with Gasteiger partial charge in [0.2, 0.25) is 15.9 Å². The van der Waals surface area contributed by atoms with E-state index in [4.69, 9.17) is 0 Å². The molecular weight excluding hydrogens is 326 g/mol. The van der Waals surface area contributed by atoms with E-state index in [1.165, 1.54) is 6.26 Å². The lowest BCUT2D eigenvalue weighted by molar-refractivity contribution is -0.119. The topological polar surface area (TPSA) is 78.5 Å². The monoisotopic (exact) mass is 351 g/mol. The number of amides is 1. The Balaban J connectivity index is 1.65. The van der Waals surface area contributed by atoms with Gasteiger partial charge in [-0.2, -0.15) is 0 Å². The van der Waals surface area contributed by atoms with Gasteiger partial charge < -0.3 is 10.2 Å². The molecule has 1 saturated heterocycles. The molecule has 2 N–H and O–H groups in total. The van der Waals surface area contributed by atoms with Crippen molar-refractivity contribution in [1.82, 2.24) is 10.0 Å². The summed E-state index contributed by atoms with van der Waals surface area (Å²) in [4.78, 5) is 14.5. The zero-order valence-corrected chi connectivity index (χ0v) is 14.8. The first-order chi connectivity index (χ1) is 11.4. The van der Waals surface area contributed by atoms with E-state index in [0.29, 0.717) is 6.54 Å². The van der Waals surface area contributed by atoms with Gasteiger partial charge in [-0.05, 0) is 31.4 Å². The summed E-state index contributed by atoms with van der Waals surface area (Å²) in [5, 5.41) is 3.42. The van der Waals surface area contributed by atoms with Gasteiger partial charge in [0, 0.05) is 24.3 Å². The fourth-order valence-electron chi connectivity index (χ4n) is 3.70. The Morgan fingerprint density at radius 1 is 1.04 bits per heavy atom. The van der Waals surface area contributed by atoms with Crippen LogP contribution in [0.4, 0.5) is 5.69 Å². The molecule has 0 spiro atoms. The van der Waals surface area contributed by atoms with Crippen molar-refractivity contribution in [2.24, 2.45) is 0 Å². The van der Waals surface area contributed by atoms with Crippen LogP contribution in [-0.2, 0) is 14.8 Å². The number of carbonyl (C=O) groups is 1. The van der Waals surface area contributed by atoms with Crippen molar-refractivity contribution in [1.29, 1.82) is 0 Å². The highest BCUT2D eigenvalue weighted by Crippen LogP contribution is 2.24. The van der Waals surface area contributed by atoms with Gasteiger partial charge in [-0.15, -0.1) is 0 Å². The zero-order valence-electron chi connectivity index (χ0n) is 13.9. The summed E-state index contributed by atoms with van der Waals surface area (Å²) in [6, 6.07) is 9.31. The van der Waals surface area contributed by atoms with Crippen LogP contribution in [0.1, 0.15) is 32.1 Å². The molecule has 1 aliphatic carbocycles. The molecule has 1 aliphatic heterocycles. The highest BCUT2D eigenvalue weighted by atomic mass is 32.2. The van der Waals surface area contributed by atoms with E-state index >= 15 is 0 Å². The van der Waals surface area contributed by atoms with E-state index in [1.54, 1.807) is 4.90 Å². The Bertz CT molecular complexity index is 678. The molecule has 1 aromatic rings. The quantitative estimate of drug-likeness (QED) is 0.837. The lowest BCUT2D eigenvalue weighted by atomic mass is 9.90. The van der Waals surface area contributed by atoms with Gasteiger partial charge >= 0.3 is 0 Å². The van der Waals surface area contributed by atoms with Crippen LogP contribution >= 0.6 is 0 Å². The second-order valence-electron chi connectivity index (χ2n) is 6.72. The van der Waals surface area contributed by atoms with E-state index in [-0.39, 0.29) is 24.0 Å². The lowest BCUT2D eigenvalue weighted by Crippen LogP contribution is -2.55. The standard InChI is InChI=1S/C17H25N3O3S/c1-24(22,23)19-15-10-6-5-9-14(15)18-16-11-12-20(17(16)21)13-7-3-2-4-8-13/h2-4,7-8,14-16,18-19H,5-6,9-12H2,1H3. The molecule has 24 heavy (non-hydrogen) atoms. The van der Waals surface area contributed by atoms with Crippen molar-refractivity contribution in [3.05, 3.63) is 30.3 Å². The average Bonchev–Trinajstić information content (AvgIpc) is 2.90. The number of hydrogen-bond acceptors (Lipinski definition) is 4. The van der Waals surface area contributed by atoms with Crippen molar-refractivity contribution in [2.75, 3.05) is 17.7 Å².